The van der Waals surface area contributed by atoms with Crippen LogP contribution in [0.4, 0.5) is 0 Å². The molecule has 3 aliphatic rings. The summed E-state index contributed by atoms with van der Waals surface area (Å²) >= 11 is 0. The average molecular weight is 471 g/mol. The number of morpholine rings is 1. The van der Waals surface area contributed by atoms with E-state index in [0.717, 1.165) is 76.2 Å². The third-order valence-corrected chi connectivity index (χ3v) is 7.88. The van der Waals surface area contributed by atoms with Crippen molar-refractivity contribution < 1.29 is 18.7 Å². The first kappa shape index (κ1) is 23.4. The summed E-state index contributed by atoms with van der Waals surface area (Å²) < 4.78 is 13.3. The SMILES string of the molecule is Cc1cc2c(cc3n2C[C@@](C)(C(=O)NC2CCCCCC2)N(CCCN2CCOCC2)C3=O)o1. The molecule has 0 spiro atoms. The van der Waals surface area contributed by atoms with E-state index in [0.29, 0.717) is 24.4 Å². The molecular formula is C26H38N4O4. The van der Waals surface area contributed by atoms with Gasteiger partial charge in [0.25, 0.3) is 5.91 Å². The Balaban J connectivity index is 1.39. The van der Waals surface area contributed by atoms with Gasteiger partial charge in [-0.2, -0.15) is 0 Å². The maximum Gasteiger partial charge on any atom is 0.271 e. The number of rotatable bonds is 6. The Hall–Kier alpha value is -2.32. The summed E-state index contributed by atoms with van der Waals surface area (Å²) in [6.07, 6.45) is 7.65. The van der Waals surface area contributed by atoms with Gasteiger partial charge >= 0.3 is 0 Å². The van der Waals surface area contributed by atoms with Gasteiger partial charge in [-0.05, 0) is 33.1 Å². The van der Waals surface area contributed by atoms with E-state index in [4.69, 9.17) is 9.15 Å². The van der Waals surface area contributed by atoms with Gasteiger partial charge in [0.05, 0.1) is 25.3 Å². The number of aryl methyl sites for hydroxylation is 1. The Bertz CT molecular complexity index is 1030. The van der Waals surface area contributed by atoms with Crippen LogP contribution in [0.2, 0.25) is 0 Å². The molecule has 8 heteroatoms. The molecule has 186 valence electrons. The van der Waals surface area contributed by atoms with Crippen molar-refractivity contribution in [2.45, 2.75) is 76.9 Å². The second-order valence-electron chi connectivity index (χ2n) is 10.4. The number of nitrogens with one attached hydrogen (secondary N) is 1. The van der Waals surface area contributed by atoms with Crippen LogP contribution in [0.1, 0.15) is 68.1 Å². The maximum absolute atomic E-state index is 13.8. The minimum Gasteiger partial charge on any atom is -0.460 e. The largest absolute Gasteiger partial charge is 0.460 e. The molecule has 1 atom stereocenters. The molecule has 1 aliphatic carbocycles. The fourth-order valence-electron chi connectivity index (χ4n) is 5.85. The molecule has 1 saturated carbocycles. The van der Waals surface area contributed by atoms with E-state index < -0.39 is 5.54 Å². The van der Waals surface area contributed by atoms with Crippen LogP contribution in [0, 0.1) is 6.92 Å². The Morgan fingerprint density at radius 2 is 1.85 bits per heavy atom. The zero-order valence-corrected chi connectivity index (χ0v) is 20.6. The van der Waals surface area contributed by atoms with Gasteiger partial charge in [-0.1, -0.05) is 25.7 Å². The van der Waals surface area contributed by atoms with Crippen molar-refractivity contribution >= 4 is 22.9 Å². The molecule has 0 aromatic carbocycles. The summed E-state index contributed by atoms with van der Waals surface area (Å²) in [5.41, 5.74) is 1.27. The number of hydrogen-bond donors (Lipinski definition) is 1. The van der Waals surface area contributed by atoms with Crippen molar-refractivity contribution in [1.82, 2.24) is 19.7 Å². The molecule has 1 saturated heterocycles. The molecule has 2 aromatic rings. The Morgan fingerprint density at radius 1 is 1.12 bits per heavy atom. The highest BCUT2D eigenvalue weighted by molar-refractivity contribution is 6.03. The zero-order chi connectivity index (χ0) is 23.7. The molecule has 0 radical (unpaired) electrons. The van der Waals surface area contributed by atoms with Crippen molar-refractivity contribution in [3.63, 3.8) is 0 Å². The van der Waals surface area contributed by atoms with Gasteiger partial charge in [0, 0.05) is 44.4 Å². The van der Waals surface area contributed by atoms with Crippen LogP contribution in [0.25, 0.3) is 11.1 Å². The van der Waals surface area contributed by atoms with E-state index in [2.05, 4.69) is 10.2 Å². The Kier molecular flexibility index (Phi) is 6.71. The predicted molar refractivity (Wildman–Crippen MR) is 130 cm³/mol. The number of carbonyl (C=O) groups excluding carboxylic acids is 2. The van der Waals surface area contributed by atoms with E-state index in [1.54, 1.807) is 0 Å². The van der Waals surface area contributed by atoms with Crippen LogP contribution >= 0.6 is 0 Å². The normalized spacial score (nSPS) is 24.9. The van der Waals surface area contributed by atoms with Crippen molar-refractivity contribution in [1.29, 1.82) is 0 Å². The lowest BCUT2D eigenvalue weighted by atomic mass is 9.93. The van der Waals surface area contributed by atoms with Gasteiger partial charge < -0.3 is 23.9 Å². The lowest BCUT2D eigenvalue weighted by Gasteiger charge is -2.45. The molecule has 1 N–H and O–H groups in total. The van der Waals surface area contributed by atoms with Crippen LogP contribution in [-0.2, 0) is 16.1 Å². The van der Waals surface area contributed by atoms with Crippen molar-refractivity contribution in [2.24, 2.45) is 0 Å². The molecular weight excluding hydrogens is 432 g/mol. The number of amides is 2. The monoisotopic (exact) mass is 470 g/mol. The first-order valence-electron chi connectivity index (χ1n) is 13.0. The third kappa shape index (κ3) is 4.50. The highest BCUT2D eigenvalue weighted by atomic mass is 16.5. The number of fused-ring (bicyclic) bond motifs is 3. The molecule has 4 heterocycles. The van der Waals surface area contributed by atoms with E-state index in [1.807, 2.05) is 35.4 Å². The standard InChI is InChI=1S/C26H38N4O4/c1-19-16-21-23(34-19)17-22-24(31)30(11-7-10-28-12-14-33-15-13-28)26(2,18-29(21)22)25(32)27-20-8-5-3-4-6-9-20/h16-17,20H,3-15,18H2,1-2H3,(H,27,32)/t26-/m0/s1. The number of hydrogen-bond acceptors (Lipinski definition) is 5. The van der Waals surface area contributed by atoms with Gasteiger partial charge in [-0.15, -0.1) is 0 Å². The second kappa shape index (κ2) is 9.74. The zero-order valence-electron chi connectivity index (χ0n) is 20.6. The molecule has 8 nitrogen and oxygen atoms in total. The highest BCUT2D eigenvalue weighted by Gasteiger charge is 2.48. The van der Waals surface area contributed by atoms with E-state index in [1.165, 1.54) is 12.8 Å². The summed E-state index contributed by atoms with van der Waals surface area (Å²) in [4.78, 5) is 31.8. The minimum absolute atomic E-state index is 0.0353. The summed E-state index contributed by atoms with van der Waals surface area (Å²) in [5.74, 6) is 0.688. The van der Waals surface area contributed by atoms with Crippen LogP contribution < -0.4 is 5.32 Å². The van der Waals surface area contributed by atoms with Gasteiger partial charge in [0.2, 0.25) is 5.91 Å². The molecule has 2 aliphatic heterocycles. The van der Waals surface area contributed by atoms with E-state index in [9.17, 15) is 9.59 Å². The van der Waals surface area contributed by atoms with Gasteiger partial charge in [0.15, 0.2) is 5.58 Å². The lowest BCUT2D eigenvalue weighted by molar-refractivity contribution is -0.133. The van der Waals surface area contributed by atoms with Gasteiger partial charge in [-0.3, -0.25) is 14.5 Å². The molecule has 0 unspecified atom stereocenters. The third-order valence-electron chi connectivity index (χ3n) is 7.88. The van der Waals surface area contributed by atoms with Crippen LogP contribution in [0.5, 0.6) is 0 Å². The molecule has 2 fully saturated rings. The molecule has 5 rings (SSSR count). The lowest BCUT2D eigenvalue weighted by Crippen LogP contribution is -2.65. The fraction of sp³-hybridized carbons (Fsp3) is 0.692. The van der Waals surface area contributed by atoms with Gasteiger partial charge in [-0.25, -0.2) is 0 Å². The average Bonchev–Trinajstić information content (AvgIpc) is 3.22. The van der Waals surface area contributed by atoms with Crippen molar-refractivity contribution in [3.8, 4) is 0 Å². The quantitative estimate of drug-likeness (QED) is 0.655. The van der Waals surface area contributed by atoms with Crippen LogP contribution in [0.15, 0.2) is 16.5 Å². The molecule has 0 bridgehead atoms. The van der Waals surface area contributed by atoms with E-state index in [-0.39, 0.29) is 17.9 Å². The second-order valence-corrected chi connectivity index (χ2v) is 10.4. The molecule has 2 amide bonds. The number of aromatic nitrogens is 1. The minimum atomic E-state index is -0.946. The molecule has 2 aromatic heterocycles. The first-order valence-corrected chi connectivity index (χ1v) is 13.0. The highest BCUT2D eigenvalue weighted by Crippen LogP contribution is 2.34. The summed E-state index contributed by atoms with van der Waals surface area (Å²) in [5, 5.41) is 3.34. The summed E-state index contributed by atoms with van der Waals surface area (Å²) in [7, 11) is 0. The summed E-state index contributed by atoms with van der Waals surface area (Å²) in [6, 6.07) is 3.99. The van der Waals surface area contributed by atoms with Crippen LogP contribution in [-0.4, -0.2) is 77.2 Å². The Labute approximate surface area is 201 Å². The summed E-state index contributed by atoms with van der Waals surface area (Å²) in [6.45, 7) is 9.10. The van der Waals surface area contributed by atoms with Crippen LogP contribution in [0.3, 0.4) is 0 Å². The van der Waals surface area contributed by atoms with E-state index >= 15 is 0 Å². The smallest absolute Gasteiger partial charge is 0.271 e. The van der Waals surface area contributed by atoms with Crippen molar-refractivity contribution in [2.75, 3.05) is 39.4 Å². The topological polar surface area (TPSA) is 80.0 Å². The van der Waals surface area contributed by atoms with Gasteiger partial charge in [0.1, 0.15) is 17.0 Å². The molecule has 34 heavy (non-hydrogen) atoms. The number of carbonyl (C=O) groups is 2. The fourth-order valence-corrected chi connectivity index (χ4v) is 5.85. The van der Waals surface area contributed by atoms with Crippen molar-refractivity contribution in [3.05, 3.63) is 23.6 Å². The predicted octanol–water partition coefficient (Wildman–Crippen LogP) is 3.32. The number of ether oxygens (including phenoxy) is 1. The number of furan rings is 1. The maximum atomic E-state index is 13.8. The first-order chi connectivity index (χ1) is 16.5. The number of nitrogens with zero attached hydrogens (tertiary/aromatic N) is 3. The Morgan fingerprint density at radius 3 is 2.59 bits per heavy atom.